The van der Waals surface area contributed by atoms with Crippen LogP contribution in [0.5, 0.6) is 0 Å². The molecule has 1 aliphatic carbocycles. The Morgan fingerprint density at radius 3 is 2.88 bits per heavy atom. The lowest BCUT2D eigenvalue weighted by Gasteiger charge is -2.03. The van der Waals surface area contributed by atoms with Crippen molar-refractivity contribution >= 4 is 0 Å². The largest absolute Gasteiger partial charge is 0.381 e. The maximum atomic E-state index is 5.30. The Kier molecular flexibility index (Phi) is 0.762. The van der Waals surface area contributed by atoms with E-state index in [-0.39, 0.29) is 0 Å². The molecule has 1 heterocycles. The molecule has 2 rings (SSSR count). The van der Waals surface area contributed by atoms with Crippen LogP contribution >= 0.6 is 0 Å². The van der Waals surface area contributed by atoms with E-state index in [0.29, 0.717) is 5.41 Å². The molecule has 1 aliphatic heterocycles. The van der Waals surface area contributed by atoms with Gasteiger partial charge in [0.05, 0.1) is 13.2 Å². The molecule has 0 aromatic rings. The zero-order valence-electron chi connectivity index (χ0n) is 5.31. The van der Waals surface area contributed by atoms with Gasteiger partial charge in [0.2, 0.25) is 0 Å². The Labute approximate surface area is 50.0 Å². The van der Waals surface area contributed by atoms with Gasteiger partial charge in [0.25, 0.3) is 0 Å². The number of hydrogen-bond donors (Lipinski definition) is 0. The van der Waals surface area contributed by atoms with Gasteiger partial charge in [-0.25, -0.2) is 0 Å². The first kappa shape index (κ1) is 4.80. The first-order valence-electron chi connectivity index (χ1n) is 3.45. The van der Waals surface area contributed by atoms with Crippen molar-refractivity contribution in [1.29, 1.82) is 0 Å². The van der Waals surface area contributed by atoms with E-state index >= 15 is 0 Å². The minimum atomic E-state index is 0.681. The maximum Gasteiger partial charge on any atom is 0.0526 e. The van der Waals surface area contributed by atoms with Crippen LogP contribution < -0.4 is 0 Å². The molecule has 1 nitrogen and oxygen atoms in total. The number of fused-ring (bicyclic) bond motifs is 1. The van der Waals surface area contributed by atoms with Crippen molar-refractivity contribution in [1.82, 2.24) is 0 Å². The molecule has 0 bridgehead atoms. The van der Waals surface area contributed by atoms with Crippen molar-refractivity contribution in [3.63, 3.8) is 0 Å². The zero-order chi connectivity index (χ0) is 5.61. The molecule has 1 heteroatoms. The summed E-state index contributed by atoms with van der Waals surface area (Å²) >= 11 is 0. The molecule has 2 fully saturated rings. The van der Waals surface area contributed by atoms with Crippen molar-refractivity contribution in [2.24, 2.45) is 11.3 Å². The molecule has 1 saturated carbocycles. The fourth-order valence-corrected chi connectivity index (χ4v) is 1.78. The lowest BCUT2D eigenvalue weighted by molar-refractivity contribution is 0.145. The Morgan fingerprint density at radius 2 is 2.62 bits per heavy atom. The van der Waals surface area contributed by atoms with Crippen molar-refractivity contribution in [3.05, 3.63) is 0 Å². The van der Waals surface area contributed by atoms with Gasteiger partial charge in [-0.1, -0.05) is 6.92 Å². The Balaban J connectivity index is 2.08. The van der Waals surface area contributed by atoms with Gasteiger partial charge in [0, 0.05) is 0 Å². The van der Waals surface area contributed by atoms with Gasteiger partial charge < -0.3 is 4.74 Å². The summed E-state index contributed by atoms with van der Waals surface area (Å²) in [4.78, 5) is 0. The molecular formula is C7H12O. The lowest BCUT2D eigenvalue weighted by Crippen LogP contribution is -2.01. The summed E-state index contributed by atoms with van der Waals surface area (Å²) in [5.41, 5.74) is 0.681. The van der Waals surface area contributed by atoms with Crippen molar-refractivity contribution in [2.75, 3.05) is 13.2 Å². The van der Waals surface area contributed by atoms with Crippen LogP contribution in [0, 0.1) is 11.3 Å². The average Bonchev–Trinajstić information content (AvgIpc) is 2.38. The third kappa shape index (κ3) is 0.408. The molecular weight excluding hydrogens is 100 g/mol. The molecule has 2 aliphatic rings. The molecule has 0 radical (unpaired) electrons. The van der Waals surface area contributed by atoms with Gasteiger partial charge in [-0.2, -0.15) is 0 Å². The molecule has 46 valence electrons. The zero-order valence-corrected chi connectivity index (χ0v) is 5.31. The van der Waals surface area contributed by atoms with Crippen molar-refractivity contribution in [2.45, 2.75) is 19.8 Å². The van der Waals surface area contributed by atoms with Crippen LogP contribution in [0.1, 0.15) is 19.8 Å². The highest BCUT2D eigenvalue weighted by Crippen LogP contribution is 2.58. The van der Waals surface area contributed by atoms with E-state index in [0.717, 1.165) is 19.1 Å². The summed E-state index contributed by atoms with van der Waals surface area (Å²) in [5.74, 6) is 0.951. The topological polar surface area (TPSA) is 9.23 Å². The molecule has 0 spiro atoms. The van der Waals surface area contributed by atoms with E-state index < -0.39 is 0 Å². The predicted octanol–water partition coefficient (Wildman–Crippen LogP) is 1.43. The minimum absolute atomic E-state index is 0.681. The highest BCUT2D eigenvalue weighted by Gasteiger charge is 2.56. The van der Waals surface area contributed by atoms with Gasteiger partial charge in [-0.15, -0.1) is 0 Å². The second kappa shape index (κ2) is 1.27. The standard InChI is InChI=1S/C7H12O/c1-2-7-3-6(7)4-8-5-7/h6H,2-5H2,1H3/t6-,7+/m1/s1. The molecule has 1 saturated heterocycles. The molecule has 0 aromatic carbocycles. The van der Waals surface area contributed by atoms with Gasteiger partial charge in [0.1, 0.15) is 0 Å². The lowest BCUT2D eigenvalue weighted by atomic mass is 10.0. The van der Waals surface area contributed by atoms with Crippen LogP contribution in [0.3, 0.4) is 0 Å². The van der Waals surface area contributed by atoms with Gasteiger partial charge >= 0.3 is 0 Å². The minimum Gasteiger partial charge on any atom is -0.381 e. The fourth-order valence-electron chi connectivity index (χ4n) is 1.78. The van der Waals surface area contributed by atoms with Crippen LogP contribution in [-0.4, -0.2) is 13.2 Å². The molecule has 0 amide bonds. The molecule has 2 atom stereocenters. The summed E-state index contributed by atoms with van der Waals surface area (Å²) < 4.78 is 5.30. The second-order valence-corrected chi connectivity index (χ2v) is 3.13. The third-order valence-corrected chi connectivity index (χ3v) is 2.77. The Bertz CT molecular complexity index is 107. The van der Waals surface area contributed by atoms with E-state index in [9.17, 15) is 0 Å². The summed E-state index contributed by atoms with van der Waals surface area (Å²) in [6, 6.07) is 0. The normalized spacial score (nSPS) is 51.4. The number of hydrogen-bond acceptors (Lipinski definition) is 1. The summed E-state index contributed by atoms with van der Waals surface area (Å²) in [6.45, 7) is 4.37. The SMILES string of the molecule is CC[C@]12COC[C@H]1C2. The van der Waals surface area contributed by atoms with Crippen molar-refractivity contribution < 1.29 is 4.74 Å². The van der Waals surface area contributed by atoms with Gasteiger partial charge in [-0.05, 0) is 24.2 Å². The molecule has 0 N–H and O–H groups in total. The predicted molar refractivity (Wildman–Crippen MR) is 31.6 cm³/mol. The quantitative estimate of drug-likeness (QED) is 0.498. The summed E-state index contributed by atoms with van der Waals surface area (Å²) in [6.07, 6.45) is 2.78. The average molecular weight is 112 g/mol. The van der Waals surface area contributed by atoms with E-state index in [1.165, 1.54) is 12.8 Å². The molecule has 0 unspecified atom stereocenters. The molecule has 0 aromatic heterocycles. The fraction of sp³-hybridized carbons (Fsp3) is 1.00. The van der Waals surface area contributed by atoms with E-state index in [2.05, 4.69) is 6.92 Å². The van der Waals surface area contributed by atoms with Gasteiger partial charge in [-0.3, -0.25) is 0 Å². The van der Waals surface area contributed by atoms with Crippen LogP contribution in [-0.2, 0) is 4.74 Å². The molecule has 8 heavy (non-hydrogen) atoms. The van der Waals surface area contributed by atoms with E-state index in [1.54, 1.807) is 0 Å². The van der Waals surface area contributed by atoms with Gasteiger partial charge in [0.15, 0.2) is 0 Å². The maximum absolute atomic E-state index is 5.30. The van der Waals surface area contributed by atoms with Crippen LogP contribution in [0.2, 0.25) is 0 Å². The van der Waals surface area contributed by atoms with Crippen LogP contribution in [0.4, 0.5) is 0 Å². The first-order chi connectivity index (χ1) is 3.87. The van der Waals surface area contributed by atoms with Crippen molar-refractivity contribution in [3.8, 4) is 0 Å². The number of rotatable bonds is 1. The Morgan fingerprint density at radius 1 is 1.75 bits per heavy atom. The summed E-state index contributed by atoms with van der Waals surface area (Å²) in [7, 11) is 0. The third-order valence-electron chi connectivity index (χ3n) is 2.77. The highest BCUT2D eigenvalue weighted by molar-refractivity contribution is 5.04. The summed E-state index contributed by atoms with van der Waals surface area (Å²) in [5, 5.41) is 0. The second-order valence-electron chi connectivity index (χ2n) is 3.13. The van der Waals surface area contributed by atoms with E-state index in [4.69, 9.17) is 4.74 Å². The first-order valence-corrected chi connectivity index (χ1v) is 3.45. The van der Waals surface area contributed by atoms with Crippen LogP contribution in [0.25, 0.3) is 0 Å². The Hall–Kier alpha value is -0.0400. The van der Waals surface area contributed by atoms with Crippen LogP contribution in [0.15, 0.2) is 0 Å². The van der Waals surface area contributed by atoms with E-state index in [1.807, 2.05) is 0 Å². The smallest absolute Gasteiger partial charge is 0.0526 e. The highest BCUT2D eigenvalue weighted by atomic mass is 16.5. The monoisotopic (exact) mass is 112 g/mol. The number of ether oxygens (including phenoxy) is 1.